The third-order valence-corrected chi connectivity index (χ3v) is 5.75. The average molecular weight is 390 g/mol. The van der Waals surface area contributed by atoms with Gasteiger partial charge in [0.05, 0.1) is 0 Å². The van der Waals surface area contributed by atoms with Crippen molar-refractivity contribution in [3.63, 3.8) is 0 Å². The molecule has 1 amide bonds. The maximum Gasteiger partial charge on any atom is 0.409 e. The Labute approximate surface area is 155 Å². The summed E-state index contributed by atoms with van der Waals surface area (Å²) in [7, 11) is 3.36. The van der Waals surface area contributed by atoms with Crippen molar-refractivity contribution < 1.29 is 19.1 Å². The molecule has 0 fully saturated rings. The van der Waals surface area contributed by atoms with Crippen LogP contribution in [0.3, 0.4) is 0 Å². The molecule has 0 N–H and O–H groups in total. The smallest absolute Gasteiger partial charge is 0.409 e. The SMILES string of the molecule is CC(C)(C)SSCCN(CCCC(=O)OCC#N)C(=O)OCN=[N+]=[N-]. The van der Waals surface area contributed by atoms with Gasteiger partial charge in [0, 0.05) is 34.9 Å². The minimum atomic E-state index is -0.598. The van der Waals surface area contributed by atoms with Gasteiger partial charge < -0.3 is 14.4 Å². The normalized spacial score (nSPS) is 10.3. The first-order valence-electron chi connectivity index (χ1n) is 7.56. The average Bonchev–Trinajstić information content (AvgIpc) is 2.54. The van der Waals surface area contributed by atoms with Crippen LogP contribution in [0.1, 0.15) is 33.6 Å². The molecule has 0 aromatic carbocycles. The highest BCUT2D eigenvalue weighted by atomic mass is 33.1. The zero-order valence-corrected chi connectivity index (χ0v) is 16.3. The number of carbonyl (C=O) groups excluding carboxylic acids is 2. The topological polar surface area (TPSA) is 128 Å². The van der Waals surface area contributed by atoms with E-state index in [1.807, 2.05) is 0 Å². The maximum atomic E-state index is 12.0. The fourth-order valence-corrected chi connectivity index (χ4v) is 3.73. The molecule has 0 aliphatic carbocycles. The summed E-state index contributed by atoms with van der Waals surface area (Å²) < 4.78 is 9.62. The highest BCUT2D eigenvalue weighted by Crippen LogP contribution is 2.34. The van der Waals surface area contributed by atoms with Crippen LogP contribution in [0.15, 0.2) is 5.11 Å². The molecule has 9 nitrogen and oxygen atoms in total. The number of hydrogen-bond acceptors (Lipinski definition) is 8. The van der Waals surface area contributed by atoms with E-state index in [1.54, 1.807) is 27.7 Å². The molecule has 0 atom stereocenters. The maximum absolute atomic E-state index is 12.0. The van der Waals surface area contributed by atoms with E-state index in [0.717, 1.165) is 0 Å². The van der Waals surface area contributed by atoms with Gasteiger partial charge in [-0.2, -0.15) is 5.26 Å². The van der Waals surface area contributed by atoms with Gasteiger partial charge in [0.1, 0.15) is 6.07 Å². The number of hydrogen-bond donors (Lipinski definition) is 0. The monoisotopic (exact) mass is 389 g/mol. The van der Waals surface area contributed by atoms with E-state index in [0.29, 0.717) is 25.3 Å². The van der Waals surface area contributed by atoms with Gasteiger partial charge >= 0.3 is 12.1 Å². The fourth-order valence-electron chi connectivity index (χ4n) is 1.46. The third-order valence-electron chi connectivity index (χ3n) is 2.43. The van der Waals surface area contributed by atoms with Crippen LogP contribution in [0, 0.1) is 11.3 Å². The van der Waals surface area contributed by atoms with Crippen LogP contribution in [0.25, 0.3) is 10.4 Å². The van der Waals surface area contributed by atoms with Gasteiger partial charge in [-0.1, -0.05) is 47.5 Å². The van der Waals surface area contributed by atoms with Crippen LogP contribution >= 0.6 is 21.6 Å². The fraction of sp³-hybridized carbons (Fsp3) is 0.786. The lowest BCUT2D eigenvalue weighted by atomic mass is 10.3. The standard InChI is InChI=1S/C14H23N5O4S2/c1-14(2,3)25-24-10-8-19(13(21)23-11-17-18-16)7-4-5-12(20)22-9-6-15/h4-5,7-11H2,1-3H3. The minimum absolute atomic E-state index is 0.103. The summed E-state index contributed by atoms with van der Waals surface area (Å²) in [6.07, 6.45) is -0.108. The molecule has 0 aliphatic rings. The third kappa shape index (κ3) is 14.3. The second-order valence-electron chi connectivity index (χ2n) is 5.70. The van der Waals surface area contributed by atoms with Gasteiger partial charge in [-0.05, 0) is 12.0 Å². The molecule has 0 saturated heterocycles. The molecule has 0 aromatic heterocycles. The van der Waals surface area contributed by atoms with Crippen molar-refractivity contribution in [2.24, 2.45) is 5.11 Å². The van der Waals surface area contributed by atoms with E-state index in [9.17, 15) is 9.59 Å². The number of esters is 1. The summed E-state index contributed by atoms with van der Waals surface area (Å²) in [5.74, 6) is 0.207. The van der Waals surface area contributed by atoms with Crippen molar-refractivity contribution in [2.75, 3.05) is 32.2 Å². The number of ether oxygens (including phenoxy) is 2. The van der Waals surface area contributed by atoms with E-state index in [-0.39, 0.29) is 24.5 Å². The molecule has 0 bridgehead atoms. The summed E-state index contributed by atoms with van der Waals surface area (Å²) in [5, 5.41) is 11.5. The minimum Gasteiger partial charge on any atom is -0.450 e. The molecular weight excluding hydrogens is 366 g/mol. The molecule has 0 aliphatic heterocycles. The Bertz CT molecular complexity index is 512. The Balaban J connectivity index is 4.36. The van der Waals surface area contributed by atoms with Crippen molar-refractivity contribution in [3.8, 4) is 6.07 Å². The van der Waals surface area contributed by atoms with Crippen LogP contribution in [-0.2, 0) is 14.3 Å². The Morgan fingerprint density at radius 2 is 2.04 bits per heavy atom. The van der Waals surface area contributed by atoms with Crippen LogP contribution in [0.5, 0.6) is 0 Å². The first-order valence-corrected chi connectivity index (χ1v) is 9.88. The highest BCUT2D eigenvalue weighted by molar-refractivity contribution is 8.77. The van der Waals surface area contributed by atoms with Gasteiger partial charge in [0.15, 0.2) is 13.3 Å². The summed E-state index contributed by atoms with van der Waals surface area (Å²) in [6, 6.07) is 1.72. The van der Waals surface area contributed by atoms with Gasteiger partial charge in [0.2, 0.25) is 0 Å². The van der Waals surface area contributed by atoms with Crippen LogP contribution in [0.2, 0.25) is 0 Å². The van der Waals surface area contributed by atoms with Crippen LogP contribution < -0.4 is 0 Å². The number of carbonyl (C=O) groups is 2. The molecule has 0 unspecified atom stereocenters. The highest BCUT2D eigenvalue weighted by Gasteiger charge is 2.17. The molecular formula is C14H23N5O4S2. The number of nitrogens with zero attached hydrogens (tertiary/aromatic N) is 5. The van der Waals surface area contributed by atoms with E-state index >= 15 is 0 Å². The molecule has 0 aromatic rings. The number of amides is 1. The van der Waals surface area contributed by atoms with E-state index in [4.69, 9.17) is 15.5 Å². The number of rotatable bonds is 11. The van der Waals surface area contributed by atoms with Crippen molar-refractivity contribution in [2.45, 2.75) is 38.4 Å². The molecule has 0 heterocycles. The predicted molar refractivity (Wildman–Crippen MR) is 97.7 cm³/mol. The lowest BCUT2D eigenvalue weighted by Gasteiger charge is -2.22. The zero-order chi connectivity index (χ0) is 19.1. The Morgan fingerprint density at radius 3 is 2.64 bits per heavy atom. The number of nitriles is 1. The van der Waals surface area contributed by atoms with Crippen molar-refractivity contribution >= 4 is 33.7 Å². The Kier molecular flexibility index (Phi) is 12.6. The Hall–Kier alpha value is -1.76. The number of azide groups is 1. The first kappa shape index (κ1) is 23.2. The van der Waals surface area contributed by atoms with Gasteiger partial charge in [-0.3, -0.25) is 4.79 Å². The van der Waals surface area contributed by atoms with Crippen LogP contribution in [-0.4, -0.2) is 53.9 Å². The summed E-state index contributed by atoms with van der Waals surface area (Å²) in [4.78, 5) is 27.3. The van der Waals surface area contributed by atoms with Gasteiger partial charge in [-0.15, -0.1) is 0 Å². The summed E-state index contributed by atoms with van der Waals surface area (Å²) >= 11 is 0. The molecule has 0 saturated carbocycles. The molecule has 11 heteroatoms. The van der Waals surface area contributed by atoms with Crippen molar-refractivity contribution in [1.29, 1.82) is 5.26 Å². The zero-order valence-electron chi connectivity index (χ0n) is 14.6. The second-order valence-corrected chi connectivity index (χ2v) is 8.94. The first-order chi connectivity index (χ1) is 11.8. The molecule has 0 spiro atoms. The van der Waals surface area contributed by atoms with Crippen LogP contribution in [0.4, 0.5) is 4.79 Å². The largest absolute Gasteiger partial charge is 0.450 e. The van der Waals surface area contributed by atoms with Crippen molar-refractivity contribution in [3.05, 3.63) is 10.4 Å². The van der Waals surface area contributed by atoms with E-state index < -0.39 is 12.1 Å². The van der Waals surface area contributed by atoms with E-state index in [1.165, 1.54) is 4.90 Å². The molecule has 0 radical (unpaired) electrons. The molecule has 25 heavy (non-hydrogen) atoms. The van der Waals surface area contributed by atoms with Crippen molar-refractivity contribution in [1.82, 2.24) is 4.90 Å². The second kappa shape index (κ2) is 13.5. The predicted octanol–water partition coefficient (Wildman–Crippen LogP) is 3.72. The van der Waals surface area contributed by atoms with E-state index in [2.05, 4.69) is 35.5 Å². The van der Waals surface area contributed by atoms with Gasteiger partial charge in [0.25, 0.3) is 0 Å². The van der Waals surface area contributed by atoms with Gasteiger partial charge in [-0.25, -0.2) is 4.79 Å². The Morgan fingerprint density at radius 1 is 1.32 bits per heavy atom. The summed E-state index contributed by atoms with van der Waals surface area (Å²) in [6.45, 7) is 6.39. The lowest BCUT2D eigenvalue weighted by molar-refractivity contribution is -0.142. The lowest BCUT2D eigenvalue weighted by Crippen LogP contribution is -2.34. The molecule has 0 rings (SSSR count). The summed E-state index contributed by atoms with van der Waals surface area (Å²) in [5.41, 5.74) is 8.21. The molecule has 140 valence electrons. The quantitative estimate of drug-likeness (QED) is 0.131.